The van der Waals surface area contributed by atoms with Gasteiger partial charge in [-0.25, -0.2) is 29.9 Å². The fourth-order valence-electron chi connectivity index (χ4n) is 13.2. The van der Waals surface area contributed by atoms with Gasteiger partial charge in [-0.15, -0.1) is 0 Å². The van der Waals surface area contributed by atoms with E-state index in [0.29, 0.717) is 34.9 Å². The molecule has 81 heavy (non-hydrogen) atoms. The minimum Gasteiger partial charge on any atom is -0.208 e. The van der Waals surface area contributed by atoms with E-state index in [1.54, 1.807) is 0 Å². The van der Waals surface area contributed by atoms with Crippen LogP contribution in [0.25, 0.3) is 90.6 Å². The van der Waals surface area contributed by atoms with Crippen LogP contribution in [0.1, 0.15) is 67.5 Å². The Morgan fingerprint density at radius 3 is 0.988 bits per heavy atom. The number of fused-ring (bicyclic) bond motifs is 3. The molecule has 0 N–H and O–H groups in total. The fourth-order valence-corrected chi connectivity index (χ4v) is 13.2. The van der Waals surface area contributed by atoms with Crippen LogP contribution in [0.2, 0.25) is 0 Å². The molecule has 378 valence electrons. The van der Waals surface area contributed by atoms with Gasteiger partial charge in [-0.3, -0.25) is 0 Å². The Hall–Kier alpha value is -10.6. The third-order valence-corrected chi connectivity index (χ3v) is 16.9. The average molecular weight is 1030 g/mol. The molecule has 2 atom stereocenters. The van der Waals surface area contributed by atoms with E-state index >= 15 is 0 Å². The number of benzene rings is 11. The molecule has 0 spiro atoms. The Bertz CT molecular complexity index is 4470. The first kappa shape index (κ1) is 46.5. The lowest BCUT2D eigenvalue weighted by molar-refractivity contribution is 0.754. The predicted molar refractivity (Wildman–Crippen MR) is 323 cm³/mol. The Morgan fingerprint density at radius 2 is 0.531 bits per heavy atom. The number of rotatable bonds is 9. The number of hydrogen-bond donors (Lipinski definition) is 0. The monoisotopic (exact) mass is 1030 g/mol. The van der Waals surface area contributed by atoms with Gasteiger partial charge in [-0.1, -0.05) is 261 Å². The van der Waals surface area contributed by atoms with Gasteiger partial charge < -0.3 is 0 Å². The highest BCUT2D eigenvalue weighted by Crippen LogP contribution is 2.58. The first-order valence-corrected chi connectivity index (χ1v) is 27.7. The van der Waals surface area contributed by atoms with Gasteiger partial charge in [0.15, 0.2) is 34.9 Å². The second kappa shape index (κ2) is 18.8. The van der Waals surface area contributed by atoms with Gasteiger partial charge in [0, 0.05) is 45.2 Å². The van der Waals surface area contributed by atoms with Crippen molar-refractivity contribution in [2.24, 2.45) is 0 Å². The Kier molecular flexibility index (Phi) is 10.8. The fraction of sp³-hybridized carbons (Fsp3) is 0.0400. The highest BCUT2D eigenvalue weighted by Gasteiger charge is 2.46. The summed E-state index contributed by atoms with van der Waals surface area (Å²) in [5.74, 6) is 3.83. The van der Waals surface area contributed by atoms with Crippen molar-refractivity contribution in [3.8, 4) is 90.6 Å². The standard InChI is InChI=1S/C75H48N6/c1-6-20-48(21-7-1)69-76-70(49-22-8-2-9-23-49)79-73(78-69)53-39-42-61-63(44-53)67-59-31-16-17-32-60(59)68(61)64-45-54(40-43-62(64)67)74-80-71(50-24-10-3-11-25-50)77-72(81-74)51-36-34-47(35-37-51)52-38-41-58-57-30-18-19-33-65(57)75(66(58)46-52,55-26-12-4-13-27-55)56-28-14-5-15-29-56/h1-46,67-68H. The Balaban J connectivity index is 0.777. The summed E-state index contributed by atoms with van der Waals surface area (Å²) in [6, 6.07) is 99.7. The normalized spacial score (nSPS) is 14.8. The van der Waals surface area contributed by atoms with Crippen molar-refractivity contribution in [2.45, 2.75) is 17.3 Å². The molecule has 17 rings (SSSR count). The lowest BCUT2D eigenvalue weighted by Gasteiger charge is -2.42. The van der Waals surface area contributed by atoms with E-state index in [-0.39, 0.29) is 11.8 Å². The van der Waals surface area contributed by atoms with Crippen molar-refractivity contribution in [3.63, 3.8) is 0 Å². The summed E-state index contributed by atoms with van der Waals surface area (Å²) in [5, 5.41) is 0. The summed E-state index contributed by atoms with van der Waals surface area (Å²) in [6.07, 6.45) is 0. The zero-order chi connectivity index (χ0) is 53.4. The van der Waals surface area contributed by atoms with Crippen LogP contribution in [0, 0.1) is 0 Å². The van der Waals surface area contributed by atoms with E-state index in [9.17, 15) is 0 Å². The summed E-state index contributed by atoms with van der Waals surface area (Å²) in [7, 11) is 0. The molecule has 4 aliphatic rings. The lowest BCUT2D eigenvalue weighted by atomic mass is 9.61. The predicted octanol–water partition coefficient (Wildman–Crippen LogP) is 17.1. The molecular weight excluding hydrogens is 985 g/mol. The van der Waals surface area contributed by atoms with E-state index in [1.807, 2.05) is 54.6 Å². The van der Waals surface area contributed by atoms with Crippen molar-refractivity contribution in [1.29, 1.82) is 0 Å². The quantitative estimate of drug-likeness (QED) is 0.143. The van der Waals surface area contributed by atoms with E-state index in [4.69, 9.17) is 29.9 Å². The van der Waals surface area contributed by atoms with Crippen LogP contribution in [0.15, 0.2) is 279 Å². The second-order valence-electron chi connectivity index (χ2n) is 21.3. The maximum Gasteiger partial charge on any atom is 0.164 e. The van der Waals surface area contributed by atoms with Gasteiger partial charge in [0.2, 0.25) is 0 Å². The highest BCUT2D eigenvalue weighted by molar-refractivity contribution is 5.89. The summed E-state index contributed by atoms with van der Waals surface area (Å²) >= 11 is 0. The lowest BCUT2D eigenvalue weighted by Crippen LogP contribution is -2.28. The molecule has 0 saturated carbocycles. The van der Waals surface area contributed by atoms with Gasteiger partial charge in [0.05, 0.1) is 5.41 Å². The molecule has 0 saturated heterocycles. The second-order valence-corrected chi connectivity index (χ2v) is 21.3. The van der Waals surface area contributed by atoms with E-state index < -0.39 is 5.41 Å². The van der Waals surface area contributed by atoms with E-state index in [1.165, 1.54) is 66.8 Å². The Labute approximate surface area is 470 Å². The molecule has 2 aromatic heterocycles. The molecule has 11 aromatic carbocycles. The zero-order valence-corrected chi connectivity index (χ0v) is 43.9. The topological polar surface area (TPSA) is 77.3 Å². The number of aromatic nitrogens is 6. The summed E-state index contributed by atoms with van der Waals surface area (Å²) < 4.78 is 0. The molecule has 6 nitrogen and oxygen atoms in total. The maximum absolute atomic E-state index is 5.32. The van der Waals surface area contributed by atoms with Crippen LogP contribution >= 0.6 is 0 Å². The molecule has 4 aliphatic carbocycles. The summed E-state index contributed by atoms with van der Waals surface area (Å²) in [4.78, 5) is 31.0. The smallest absolute Gasteiger partial charge is 0.164 e. The van der Waals surface area contributed by atoms with Gasteiger partial charge in [-0.05, 0) is 96.1 Å². The van der Waals surface area contributed by atoms with Crippen molar-refractivity contribution < 1.29 is 0 Å². The van der Waals surface area contributed by atoms with Gasteiger partial charge in [-0.2, -0.15) is 0 Å². The molecule has 0 aliphatic heterocycles. The van der Waals surface area contributed by atoms with E-state index in [2.05, 4.69) is 224 Å². The SMILES string of the molecule is c1ccc(-c2nc(-c3ccccc3)nc(-c3ccc4c(c3)C3c5ccccc5C4c4cc(-c5nc(-c6ccccc6)nc(-c6ccc(-c7ccc8c(c7)C(c7ccccc7)(c7ccccc7)c7ccccc7-8)cc6)n5)ccc43)n2)cc1. The third kappa shape index (κ3) is 7.56. The van der Waals surface area contributed by atoms with Gasteiger partial charge in [0.25, 0.3) is 0 Å². The van der Waals surface area contributed by atoms with Crippen LogP contribution in [0.5, 0.6) is 0 Å². The van der Waals surface area contributed by atoms with Crippen LogP contribution in [-0.4, -0.2) is 29.9 Å². The Morgan fingerprint density at radius 1 is 0.210 bits per heavy atom. The average Bonchev–Trinajstić information content (AvgIpc) is 3.49. The molecule has 0 fully saturated rings. The summed E-state index contributed by atoms with van der Waals surface area (Å²) in [6.45, 7) is 0. The van der Waals surface area contributed by atoms with Crippen LogP contribution in [0.3, 0.4) is 0 Å². The molecule has 2 unspecified atom stereocenters. The molecule has 0 radical (unpaired) electrons. The van der Waals surface area contributed by atoms with Crippen molar-refractivity contribution in [3.05, 3.63) is 335 Å². The zero-order valence-electron chi connectivity index (χ0n) is 43.9. The molecule has 2 heterocycles. The van der Waals surface area contributed by atoms with Crippen LogP contribution < -0.4 is 0 Å². The maximum atomic E-state index is 5.32. The first-order valence-electron chi connectivity index (χ1n) is 27.7. The first-order chi connectivity index (χ1) is 40.1. The van der Waals surface area contributed by atoms with Crippen LogP contribution in [0.4, 0.5) is 0 Å². The van der Waals surface area contributed by atoms with E-state index in [0.717, 1.165) is 44.5 Å². The molecular formula is C75H48N6. The van der Waals surface area contributed by atoms with Crippen molar-refractivity contribution in [1.82, 2.24) is 29.9 Å². The highest BCUT2D eigenvalue weighted by atomic mass is 15.0. The molecule has 0 amide bonds. The van der Waals surface area contributed by atoms with Crippen LogP contribution in [-0.2, 0) is 5.41 Å². The number of hydrogen-bond acceptors (Lipinski definition) is 6. The molecule has 2 bridgehead atoms. The number of nitrogens with zero attached hydrogens (tertiary/aromatic N) is 6. The van der Waals surface area contributed by atoms with Gasteiger partial charge in [0.1, 0.15) is 0 Å². The van der Waals surface area contributed by atoms with Crippen molar-refractivity contribution in [2.75, 3.05) is 0 Å². The summed E-state index contributed by atoms with van der Waals surface area (Å²) in [5.41, 5.74) is 22.8. The minimum absolute atomic E-state index is 0.00434. The largest absolute Gasteiger partial charge is 0.208 e. The van der Waals surface area contributed by atoms with Crippen molar-refractivity contribution >= 4 is 0 Å². The third-order valence-electron chi connectivity index (χ3n) is 16.9. The molecule has 13 aromatic rings. The minimum atomic E-state index is -0.483. The molecule has 6 heteroatoms. The van der Waals surface area contributed by atoms with Gasteiger partial charge >= 0.3 is 0 Å².